The second-order valence-electron chi connectivity index (χ2n) is 5.89. The molecule has 0 saturated carbocycles. The molecule has 1 aliphatic heterocycles. The second kappa shape index (κ2) is 4.64. The van der Waals surface area contributed by atoms with E-state index in [0.717, 1.165) is 0 Å². The average Bonchev–Trinajstić information content (AvgIpc) is 2.14. The molecular weight excluding hydrogens is 222 g/mol. The minimum Gasteiger partial charge on any atom is -0.444 e. The third kappa shape index (κ3) is 3.70. The van der Waals surface area contributed by atoms with Crippen LogP contribution in [0.3, 0.4) is 0 Å². The van der Waals surface area contributed by atoms with Crippen LogP contribution < -0.4 is 0 Å². The number of hydrogen-bond acceptors (Lipinski definition) is 4. The molecule has 0 radical (unpaired) electrons. The molecule has 0 N–H and O–H groups in total. The minimum absolute atomic E-state index is 0.241. The largest absolute Gasteiger partial charge is 0.444 e. The molecule has 1 aliphatic rings. The molecule has 0 unspecified atom stereocenters. The van der Waals surface area contributed by atoms with Gasteiger partial charge in [-0.15, -0.1) is 0 Å². The van der Waals surface area contributed by atoms with Crippen molar-refractivity contribution in [2.24, 2.45) is 0 Å². The molecule has 17 heavy (non-hydrogen) atoms. The standard InChI is InChI=1S/C12H21NO4/c1-11(2,3)17-10(15)13-6-9(7-14)16-8-12(13,4)5/h7,9H,6,8H2,1-5H3/t9-/m1/s1. The van der Waals surface area contributed by atoms with E-state index in [4.69, 9.17) is 9.47 Å². The first-order valence-corrected chi connectivity index (χ1v) is 5.73. The van der Waals surface area contributed by atoms with Crippen molar-refractivity contribution in [3.05, 3.63) is 0 Å². The fourth-order valence-electron chi connectivity index (χ4n) is 1.59. The van der Waals surface area contributed by atoms with Crippen molar-refractivity contribution in [2.75, 3.05) is 13.2 Å². The van der Waals surface area contributed by atoms with Crippen molar-refractivity contribution in [3.8, 4) is 0 Å². The van der Waals surface area contributed by atoms with Crippen molar-refractivity contribution in [1.82, 2.24) is 4.90 Å². The molecule has 1 atom stereocenters. The smallest absolute Gasteiger partial charge is 0.410 e. The van der Waals surface area contributed by atoms with Crippen LogP contribution in [0.2, 0.25) is 0 Å². The van der Waals surface area contributed by atoms with Crippen molar-refractivity contribution in [2.45, 2.75) is 51.9 Å². The van der Waals surface area contributed by atoms with Gasteiger partial charge in [-0.1, -0.05) is 0 Å². The van der Waals surface area contributed by atoms with Gasteiger partial charge in [0, 0.05) is 0 Å². The maximum Gasteiger partial charge on any atom is 0.410 e. The van der Waals surface area contributed by atoms with E-state index in [9.17, 15) is 9.59 Å². The predicted octanol–water partition coefficient (Wildman–Crippen LogP) is 1.60. The van der Waals surface area contributed by atoms with E-state index in [1.165, 1.54) is 0 Å². The first-order chi connectivity index (χ1) is 7.65. The third-order valence-electron chi connectivity index (χ3n) is 2.51. The lowest BCUT2D eigenvalue weighted by Crippen LogP contribution is -2.59. The molecule has 0 aromatic carbocycles. The number of amides is 1. The van der Waals surface area contributed by atoms with E-state index in [1.807, 2.05) is 34.6 Å². The van der Waals surface area contributed by atoms with E-state index in [2.05, 4.69) is 0 Å². The van der Waals surface area contributed by atoms with Gasteiger partial charge < -0.3 is 14.3 Å². The summed E-state index contributed by atoms with van der Waals surface area (Å²) in [5.41, 5.74) is -0.996. The maximum absolute atomic E-state index is 12.0. The fourth-order valence-corrected chi connectivity index (χ4v) is 1.59. The van der Waals surface area contributed by atoms with Gasteiger partial charge in [0.15, 0.2) is 6.29 Å². The molecule has 0 aromatic heterocycles. The van der Waals surface area contributed by atoms with Gasteiger partial charge in [-0.05, 0) is 34.6 Å². The highest BCUT2D eigenvalue weighted by Gasteiger charge is 2.40. The molecule has 5 nitrogen and oxygen atoms in total. The van der Waals surface area contributed by atoms with Crippen molar-refractivity contribution in [3.63, 3.8) is 0 Å². The van der Waals surface area contributed by atoms with Gasteiger partial charge in [0.05, 0.1) is 18.7 Å². The number of rotatable bonds is 1. The number of nitrogens with zero attached hydrogens (tertiary/aromatic N) is 1. The number of ether oxygens (including phenoxy) is 2. The fraction of sp³-hybridized carbons (Fsp3) is 0.833. The number of morpholine rings is 1. The van der Waals surface area contributed by atoms with Crippen LogP contribution in [0.4, 0.5) is 4.79 Å². The second-order valence-corrected chi connectivity index (χ2v) is 5.89. The van der Waals surface area contributed by atoms with Crippen LogP contribution in [0.25, 0.3) is 0 Å². The summed E-state index contributed by atoms with van der Waals surface area (Å²) >= 11 is 0. The van der Waals surface area contributed by atoms with Crippen LogP contribution in [-0.2, 0) is 14.3 Å². The van der Waals surface area contributed by atoms with Gasteiger partial charge in [-0.3, -0.25) is 4.90 Å². The molecule has 98 valence electrons. The Morgan fingerprint density at radius 2 is 2.06 bits per heavy atom. The summed E-state index contributed by atoms with van der Waals surface area (Å²) in [6.45, 7) is 9.79. The van der Waals surface area contributed by atoms with Crippen molar-refractivity contribution in [1.29, 1.82) is 0 Å². The summed E-state index contributed by atoms with van der Waals surface area (Å²) < 4.78 is 10.7. The highest BCUT2D eigenvalue weighted by molar-refractivity contribution is 5.70. The Morgan fingerprint density at radius 3 is 2.53 bits per heavy atom. The zero-order valence-electron chi connectivity index (χ0n) is 11.1. The average molecular weight is 243 g/mol. The van der Waals surface area contributed by atoms with Gasteiger partial charge in [-0.25, -0.2) is 4.79 Å². The van der Waals surface area contributed by atoms with E-state index in [1.54, 1.807) is 4.90 Å². The lowest BCUT2D eigenvalue weighted by molar-refractivity contribution is -0.133. The maximum atomic E-state index is 12.0. The van der Waals surface area contributed by atoms with Crippen molar-refractivity contribution < 1.29 is 19.1 Å². The summed E-state index contributed by atoms with van der Waals surface area (Å²) in [5, 5.41) is 0. The summed E-state index contributed by atoms with van der Waals surface area (Å²) in [7, 11) is 0. The Balaban J connectivity index is 2.77. The Morgan fingerprint density at radius 1 is 1.47 bits per heavy atom. The molecule has 0 aromatic rings. The van der Waals surface area contributed by atoms with E-state index < -0.39 is 23.3 Å². The molecule has 0 bridgehead atoms. The van der Waals surface area contributed by atoms with Gasteiger partial charge in [0.2, 0.25) is 0 Å². The zero-order chi connectivity index (χ0) is 13.3. The van der Waals surface area contributed by atoms with E-state index in [-0.39, 0.29) is 6.54 Å². The SMILES string of the molecule is CC(C)(C)OC(=O)N1C[C@H](C=O)OCC1(C)C. The van der Waals surface area contributed by atoms with Crippen molar-refractivity contribution >= 4 is 12.4 Å². The summed E-state index contributed by atoms with van der Waals surface area (Å²) in [6, 6.07) is 0. The van der Waals surface area contributed by atoms with Crippen LogP contribution in [-0.4, -0.2) is 47.7 Å². The Hall–Kier alpha value is -1.10. The Labute approximate surface area is 102 Å². The highest BCUT2D eigenvalue weighted by Crippen LogP contribution is 2.24. The quantitative estimate of drug-likeness (QED) is 0.656. The molecule has 1 saturated heterocycles. The lowest BCUT2D eigenvalue weighted by Gasteiger charge is -2.44. The number of hydrogen-bond donors (Lipinski definition) is 0. The molecule has 5 heteroatoms. The summed E-state index contributed by atoms with van der Waals surface area (Å²) in [6.07, 6.45) is -0.250. The van der Waals surface area contributed by atoms with Crippen LogP contribution >= 0.6 is 0 Å². The van der Waals surface area contributed by atoms with E-state index >= 15 is 0 Å². The Kier molecular flexibility index (Phi) is 3.81. The van der Waals surface area contributed by atoms with Crippen LogP contribution in [0.1, 0.15) is 34.6 Å². The first kappa shape index (κ1) is 14.0. The number of carbonyl (C=O) groups excluding carboxylic acids is 2. The van der Waals surface area contributed by atoms with Crippen LogP contribution in [0.15, 0.2) is 0 Å². The first-order valence-electron chi connectivity index (χ1n) is 5.73. The third-order valence-corrected chi connectivity index (χ3v) is 2.51. The predicted molar refractivity (Wildman–Crippen MR) is 62.8 cm³/mol. The zero-order valence-corrected chi connectivity index (χ0v) is 11.1. The molecule has 0 spiro atoms. The Bertz CT molecular complexity index is 306. The van der Waals surface area contributed by atoms with Crippen LogP contribution in [0.5, 0.6) is 0 Å². The molecule has 1 heterocycles. The molecular formula is C12H21NO4. The molecule has 0 aliphatic carbocycles. The molecule has 1 amide bonds. The summed E-state index contributed by atoms with van der Waals surface area (Å²) in [4.78, 5) is 24.3. The van der Waals surface area contributed by atoms with Gasteiger partial charge in [-0.2, -0.15) is 0 Å². The normalized spacial score (nSPS) is 24.3. The number of aldehydes is 1. The topological polar surface area (TPSA) is 55.8 Å². The van der Waals surface area contributed by atoms with Gasteiger partial charge >= 0.3 is 6.09 Å². The highest BCUT2D eigenvalue weighted by atomic mass is 16.6. The van der Waals surface area contributed by atoms with E-state index in [0.29, 0.717) is 12.9 Å². The monoisotopic (exact) mass is 243 g/mol. The lowest BCUT2D eigenvalue weighted by atomic mass is 10.0. The minimum atomic E-state index is -0.560. The number of carbonyl (C=O) groups is 2. The summed E-state index contributed by atoms with van der Waals surface area (Å²) in [5.74, 6) is 0. The van der Waals surface area contributed by atoms with Gasteiger partial charge in [0.25, 0.3) is 0 Å². The van der Waals surface area contributed by atoms with Gasteiger partial charge in [0.1, 0.15) is 11.7 Å². The van der Waals surface area contributed by atoms with Crippen LogP contribution in [0, 0.1) is 0 Å². The molecule has 1 rings (SSSR count). The molecule has 1 fully saturated rings.